The highest BCUT2D eigenvalue weighted by atomic mass is 28.4. The predicted molar refractivity (Wildman–Crippen MR) is 116 cm³/mol. The van der Waals surface area contributed by atoms with Gasteiger partial charge in [-0.25, -0.2) is 0 Å². The highest BCUT2D eigenvalue weighted by molar-refractivity contribution is 6.80. The highest BCUT2D eigenvalue weighted by Gasteiger charge is 2.51. The topological polar surface area (TPSA) is 36.9 Å². The molecule has 0 aromatic carbocycles. The largest absolute Gasteiger partial charge is 0.395 e. The van der Waals surface area contributed by atoms with Crippen molar-refractivity contribution in [2.75, 3.05) is 28.4 Å². The fraction of sp³-hybridized carbons (Fsp3) is 0.800. The fourth-order valence-corrected chi connectivity index (χ4v) is 10.1. The molecule has 0 aliphatic rings. The van der Waals surface area contributed by atoms with Gasteiger partial charge < -0.3 is 17.7 Å². The smallest absolute Gasteiger partial charge is 0.367 e. The average molecular weight is 403 g/mol. The summed E-state index contributed by atoms with van der Waals surface area (Å²) in [4.78, 5) is 0. The molecule has 0 saturated heterocycles. The first-order chi connectivity index (χ1) is 12.4. The average Bonchev–Trinajstić information content (AvgIpc) is 2.68. The first-order valence-electron chi connectivity index (χ1n) is 9.99. The highest BCUT2D eigenvalue weighted by Crippen LogP contribution is 2.42. The van der Waals surface area contributed by atoms with Crippen molar-refractivity contribution in [3.8, 4) is 0 Å². The predicted octanol–water partition coefficient (Wildman–Crippen LogP) is 5.81. The van der Waals surface area contributed by atoms with Crippen LogP contribution in [0.5, 0.6) is 0 Å². The van der Waals surface area contributed by atoms with Gasteiger partial charge in [0, 0.05) is 39.5 Å². The summed E-state index contributed by atoms with van der Waals surface area (Å²) in [5.41, 5.74) is 4.82. The van der Waals surface area contributed by atoms with Crippen LogP contribution in [-0.2, 0) is 17.7 Å². The first-order valence-corrected chi connectivity index (χ1v) is 13.9. The van der Waals surface area contributed by atoms with Gasteiger partial charge in [-0.3, -0.25) is 0 Å². The van der Waals surface area contributed by atoms with Gasteiger partial charge in [-0.2, -0.15) is 0 Å². The van der Waals surface area contributed by atoms with E-state index in [0.717, 1.165) is 12.8 Å². The molecule has 4 nitrogen and oxygen atoms in total. The van der Waals surface area contributed by atoms with E-state index < -0.39 is 17.1 Å². The van der Waals surface area contributed by atoms with E-state index in [1.165, 1.54) is 25.7 Å². The number of rotatable bonds is 15. The second kappa shape index (κ2) is 13.9. The lowest BCUT2D eigenvalue weighted by molar-refractivity contribution is 0.220. The summed E-state index contributed by atoms with van der Waals surface area (Å²) in [7, 11) is 2.07. The van der Waals surface area contributed by atoms with E-state index in [9.17, 15) is 0 Å². The van der Waals surface area contributed by atoms with Crippen molar-refractivity contribution in [3.63, 3.8) is 0 Å². The lowest BCUT2D eigenvalue weighted by atomic mass is 10.2. The summed E-state index contributed by atoms with van der Waals surface area (Å²) in [6, 6.07) is 0. The molecule has 0 radical (unpaired) electrons. The Bertz CT molecular complexity index is 367. The molecule has 0 spiro atoms. The van der Waals surface area contributed by atoms with Crippen LogP contribution >= 0.6 is 0 Å². The Morgan fingerprint density at radius 1 is 0.654 bits per heavy atom. The third-order valence-corrected chi connectivity index (χ3v) is 13.3. The lowest BCUT2D eigenvalue weighted by Crippen LogP contribution is -2.52. The maximum atomic E-state index is 5.99. The summed E-state index contributed by atoms with van der Waals surface area (Å²) in [6.07, 6.45) is 11.3. The molecular weight excluding hydrogens is 360 g/mol. The molecule has 0 aliphatic heterocycles. The first kappa shape index (κ1) is 25.8. The van der Waals surface area contributed by atoms with Crippen molar-refractivity contribution in [2.24, 2.45) is 0 Å². The second-order valence-electron chi connectivity index (χ2n) is 6.93. The van der Waals surface area contributed by atoms with Crippen molar-refractivity contribution in [1.82, 2.24) is 0 Å². The molecule has 0 aliphatic carbocycles. The van der Waals surface area contributed by atoms with Crippen LogP contribution in [0.4, 0.5) is 0 Å². The van der Waals surface area contributed by atoms with Crippen LogP contribution in [-0.4, -0.2) is 45.6 Å². The van der Waals surface area contributed by atoms with E-state index in [4.69, 9.17) is 17.7 Å². The number of unbranched alkanes of at least 4 members (excludes halogenated alkanes) is 4. The second-order valence-corrected chi connectivity index (χ2v) is 13.9. The SMILES string of the molecule is CCCCC=C[Si](OC)(OC)C(C)C(C)[Si](C=CCCCC)(OC)OC. The van der Waals surface area contributed by atoms with E-state index in [1.54, 1.807) is 28.4 Å². The van der Waals surface area contributed by atoms with E-state index in [-0.39, 0.29) is 11.1 Å². The van der Waals surface area contributed by atoms with Crippen LogP contribution in [0.3, 0.4) is 0 Å². The molecule has 154 valence electrons. The van der Waals surface area contributed by atoms with Crippen molar-refractivity contribution >= 4 is 17.1 Å². The van der Waals surface area contributed by atoms with E-state index >= 15 is 0 Å². The molecule has 0 heterocycles. The van der Waals surface area contributed by atoms with Gasteiger partial charge in [0.1, 0.15) is 0 Å². The summed E-state index contributed by atoms with van der Waals surface area (Å²) in [5, 5.41) is 0. The summed E-state index contributed by atoms with van der Waals surface area (Å²) < 4.78 is 24.0. The minimum Gasteiger partial charge on any atom is -0.395 e. The third kappa shape index (κ3) is 7.05. The van der Waals surface area contributed by atoms with Gasteiger partial charge in [-0.05, 0) is 24.2 Å². The molecular formula is C20H42O4Si2. The van der Waals surface area contributed by atoms with Crippen molar-refractivity contribution < 1.29 is 17.7 Å². The van der Waals surface area contributed by atoms with Crippen LogP contribution in [0.2, 0.25) is 11.1 Å². The van der Waals surface area contributed by atoms with Crippen molar-refractivity contribution in [3.05, 3.63) is 23.6 Å². The van der Waals surface area contributed by atoms with E-state index in [0.29, 0.717) is 0 Å². The van der Waals surface area contributed by atoms with E-state index in [1.807, 2.05) is 0 Å². The maximum absolute atomic E-state index is 5.99. The van der Waals surface area contributed by atoms with Crippen LogP contribution in [0, 0.1) is 0 Å². The van der Waals surface area contributed by atoms with Crippen LogP contribution < -0.4 is 0 Å². The quantitative estimate of drug-likeness (QED) is 0.256. The molecule has 0 saturated carbocycles. The molecule has 2 atom stereocenters. The summed E-state index contributed by atoms with van der Waals surface area (Å²) in [6.45, 7) is 8.84. The Morgan fingerprint density at radius 2 is 0.962 bits per heavy atom. The van der Waals surface area contributed by atoms with Gasteiger partial charge in [0.15, 0.2) is 0 Å². The molecule has 0 amide bonds. The Kier molecular flexibility index (Phi) is 13.7. The molecule has 0 aromatic heterocycles. The molecule has 0 rings (SSSR count). The number of allylic oxidation sites excluding steroid dienone is 2. The molecule has 26 heavy (non-hydrogen) atoms. The van der Waals surface area contributed by atoms with Gasteiger partial charge in [0.2, 0.25) is 0 Å². The lowest BCUT2D eigenvalue weighted by Gasteiger charge is -2.40. The zero-order chi connectivity index (χ0) is 20.1. The third-order valence-electron chi connectivity index (χ3n) is 5.44. The number of hydrogen-bond donors (Lipinski definition) is 0. The minimum absolute atomic E-state index is 0.206. The van der Waals surface area contributed by atoms with Crippen LogP contribution in [0.15, 0.2) is 23.6 Å². The van der Waals surface area contributed by atoms with Crippen molar-refractivity contribution in [1.29, 1.82) is 0 Å². The molecule has 0 N–H and O–H groups in total. The molecule has 0 fully saturated rings. The summed E-state index contributed by atoms with van der Waals surface area (Å²) in [5.74, 6) is 0. The molecule has 0 bridgehead atoms. The van der Waals surface area contributed by atoms with Gasteiger partial charge in [0.25, 0.3) is 0 Å². The summed E-state index contributed by atoms with van der Waals surface area (Å²) >= 11 is 0. The number of hydrogen-bond acceptors (Lipinski definition) is 4. The van der Waals surface area contributed by atoms with E-state index in [2.05, 4.69) is 51.2 Å². The Hall–Kier alpha value is -0.246. The molecule has 6 heteroatoms. The van der Waals surface area contributed by atoms with Crippen LogP contribution in [0.1, 0.15) is 66.2 Å². The Balaban J connectivity index is 5.52. The fourth-order valence-electron chi connectivity index (χ4n) is 3.32. The van der Waals surface area contributed by atoms with Gasteiger partial charge in [-0.15, -0.1) is 0 Å². The zero-order valence-electron chi connectivity index (χ0n) is 18.3. The van der Waals surface area contributed by atoms with Gasteiger partial charge in [0.05, 0.1) is 0 Å². The van der Waals surface area contributed by atoms with Crippen LogP contribution in [0.25, 0.3) is 0 Å². The Morgan fingerprint density at radius 3 is 1.19 bits per heavy atom. The standard InChI is InChI=1S/C20H42O4Si2/c1-9-11-13-15-17-25(21-5,22-6)19(3)20(4)26(23-7,24-8)18-16-14-12-10-2/h15-20H,9-14H2,1-8H3. The molecule has 0 aromatic rings. The van der Waals surface area contributed by atoms with Gasteiger partial charge in [-0.1, -0.05) is 65.5 Å². The minimum atomic E-state index is -2.50. The molecule has 2 unspecified atom stereocenters. The Labute approximate surface area is 164 Å². The maximum Gasteiger partial charge on any atom is 0.367 e. The monoisotopic (exact) mass is 402 g/mol. The van der Waals surface area contributed by atoms with Crippen molar-refractivity contribution in [2.45, 2.75) is 77.3 Å². The van der Waals surface area contributed by atoms with Gasteiger partial charge >= 0.3 is 17.1 Å². The normalized spacial score (nSPS) is 15.8. The zero-order valence-corrected chi connectivity index (χ0v) is 20.3.